The Morgan fingerprint density at radius 2 is 1.76 bits per heavy atom. The molecule has 0 aromatic heterocycles. The molecule has 0 unspecified atom stereocenters. The zero-order valence-electron chi connectivity index (χ0n) is 15.6. The predicted octanol–water partition coefficient (Wildman–Crippen LogP) is 4.71. The number of hydrogen-bond donors (Lipinski definition) is 0. The molecule has 1 heterocycles. The van der Waals surface area contributed by atoms with Gasteiger partial charge in [0.25, 0.3) is 0 Å². The van der Waals surface area contributed by atoms with Gasteiger partial charge in [-0.05, 0) is 60.7 Å². The molecule has 0 N–H and O–H groups in total. The summed E-state index contributed by atoms with van der Waals surface area (Å²) >= 11 is 3.88. The van der Waals surface area contributed by atoms with Crippen molar-refractivity contribution in [3.8, 4) is 0 Å². The molecule has 0 radical (unpaired) electrons. The molecule has 0 aromatic rings. The average Bonchev–Trinajstić information content (AvgIpc) is 3.21. The average molecular weight is 411 g/mol. The quantitative estimate of drug-likeness (QED) is 0.542. The monoisotopic (exact) mass is 410 g/mol. The minimum absolute atomic E-state index is 0.0548. The van der Waals surface area contributed by atoms with Gasteiger partial charge in [-0.1, -0.05) is 36.2 Å². The molecule has 1 saturated heterocycles. The SMILES string of the molecule is C[C@]12CCC[C@@H]1[C@@H]1CC[C@H]3CC4(CC[C@]3(C)[C@H]1C(=O)[C@@H]2Br)OCCO4. The second kappa shape index (κ2) is 5.54. The summed E-state index contributed by atoms with van der Waals surface area (Å²) in [5, 5.41) is 0. The Morgan fingerprint density at radius 1 is 1.00 bits per heavy atom. The van der Waals surface area contributed by atoms with Crippen LogP contribution in [0.3, 0.4) is 0 Å². The highest BCUT2D eigenvalue weighted by Gasteiger charge is 2.65. The maximum absolute atomic E-state index is 13.6. The Labute approximate surface area is 159 Å². The van der Waals surface area contributed by atoms with E-state index in [-0.39, 0.29) is 27.4 Å². The fraction of sp³-hybridized carbons (Fsp3) is 0.952. The van der Waals surface area contributed by atoms with Crippen molar-refractivity contribution in [1.82, 2.24) is 0 Å². The fourth-order valence-electron chi connectivity index (χ4n) is 7.71. The smallest absolute Gasteiger partial charge is 0.168 e. The van der Waals surface area contributed by atoms with Gasteiger partial charge in [0.05, 0.1) is 18.0 Å². The van der Waals surface area contributed by atoms with Crippen molar-refractivity contribution >= 4 is 21.7 Å². The van der Waals surface area contributed by atoms with Gasteiger partial charge in [-0.3, -0.25) is 4.79 Å². The van der Waals surface area contributed by atoms with E-state index in [1.54, 1.807) is 0 Å². The molecule has 0 aromatic carbocycles. The van der Waals surface area contributed by atoms with Crippen molar-refractivity contribution in [2.75, 3.05) is 13.2 Å². The summed E-state index contributed by atoms with van der Waals surface area (Å²) in [5.74, 6) is 2.33. The van der Waals surface area contributed by atoms with E-state index in [0.717, 1.165) is 38.4 Å². The molecule has 25 heavy (non-hydrogen) atoms. The summed E-state index contributed by atoms with van der Waals surface area (Å²) in [6.45, 7) is 6.27. The van der Waals surface area contributed by atoms with E-state index in [9.17, 15) is 4.79 Å². The number of ether oxygens (including phenoxy) is 2. The zero-order chi connectivity index (χ0) is 17.4. The van der Waals surface area contributed by atoms with Crippen molar-refractivity contribution in [2.24, 2.45) is 34.5 Å². The molecule has 140 valence electrons. The summed E-state index contributed by atoms with van der Waals surface area (Å²) in [6, 6.07) is 0. The highest BCUT2D eigenvalue weighted by Crippen LogP contribution is 2.67. The van der Waals surface area contributed by atoms with Crippen LogP contribution in [0.2, 0.25) is 0 Å². The third kappa shape index (κ3) is 2.20. The Hall–Kier alpha value is 0.0700. The summed E-state index contributed by atoms with van der Waals surface area (Å²) in [6.07, 6.45) is 9.35. The van der Waals surface area contributed by atoms with Crippen molar-refractivity contribution in [3.63, 3.8) is 0 Å². The van der Waals surface area contributed by atoms with Gasteiger partial charge in [0, 0.05) is 18.8 Å². The van der Waals surface area contributed by atoms with Crippen molar-refractivity contribution < 1.29 is 14.3 Å². The summed E-state index contributed by atoms with van der Waals surface area (Å²) in [5.41, 5.74) is 0.325. The van der Waals surface area contributed by atoms with E-state index in [2.05, 4.69) is 29.8 Å². The van der Waals surface area contributed by atoms with Crippen LogP contribution >= 0.6 is 15.9 Å². The Balaban J connectivity index is 1.49. The number of halogens is 1. The minimum atomic E-state index is -0.329. The third-order valence-corrected chi connectivity index (χ3v) is 10.6. The van der Waals surface area contributed by atoms with Gasteiger partial charge in [-0.2, -0.15) is 0 Å². The van der Waals surface area contributed by atoms with Gasteiger partial charge in [0.1, 0.15) is 0 Å². The summed E-state index contributed by atoms with van der Waals surface area (Å²) in [4.78, 5) is 13.6. The molecule has 0 amide bonds. The van der Waals surface area contributed by atoms with Gasteiger partial charge in [0.15, 0.2) is 11.6 Å². The summed E-state index contributed by atoms with van der Waals surface area (Å²) in [7, 11) is 0. The highest BCUT2D eigenvalue weighted by atomic mass is 79.9. The van der Waals surface area contributed by atoms with Crippen LogP contribution in [0.25, 0.3) is 0 Å². The second-order valence-electron chi connectivity index (χ2n) is 10.0. The molecule has 4 aliphatic carbocycles. The lowest BCUT2D eigenvalue weighted by molar-refractivity contribution is -0.226. The molecule has 5 aliphatic rings. The maximum Gasteiger partial charge on any atom is 0.168 e. The minimum Gasteiger partial charge on any atom is -0.348 e. The zero-order valence-corrected chi connectivity index (χ0v) is 17.1. The lowest BCUT2D eigenvalue weighted by Crippen LogP contribution is -2.61. The molecule has 3 nitrogen and oxygen atoms in total. The van der Waals surface area contributed by atoms with Gasteiger partial charge >= 0.3 is 0 Å². The van der Waals surface area contributed by atoms with Crippen molar-refractivity contribution in [2.45, 2.75) is 75.8 Å². The van der Waals surface area contributed by atoms with Crippen LogP contribution in [-0.2, 0) is 14.3 Å². The van der Waals surface area contributed by atoms with Crippen LogP contribution in [0.15, 0.2) is 0 Å². The molecule has 4 heteroatoms. The molecule has 1 spiro atoms. The number of hydrogen-bond acceptors (Lipinski definition) is 3. The molecule has 7 atom stereocenters. The highest BCUT2D eigenvalue weighted by molar-refractivity contribution is 9.10. The van der Waals surface area contributed by atoms with E-state index >= 15 is 0 Å². The van der Waals surface area contributed by atoms with Crippen LogP contribution in [0.5, 0.6) is 0 Å². The van der Waals surface area contributed by atoms with Crippen LogP contribution in [0.1, 0.15) is 65.2 Å². The van der Waals surface area contributed by atoms with E-state index in [0.29, 0.717) is 17.6 Å². The Bertz CT molecular complexity index is 586. The molecule has 0 bridgehead atoms. The summed E-state index contributed by atoms with van der Waals surface area (Å²) < 4.78 is 12.1. The van der Waals surface area contributed by atoms with E-state index < -0.39 is 0 Å². The maximum atomic E-state index is 13.6. The van der Waals surface area contributed by atoms with Crippen LogP contribution in [0.4, 0.5) is 0 Å². The van der Waals surface area contributed by atoms with Gasteiger partial charge in [0.2, 0.25) is 0 Å². The number of alkyl halides is 1. The molecule has 5 fully saturated rings. The number of carbonyl (C=O) groups excluding carboxylic acids is 1. The largest absolute Gasteiger partial charge is 0.348 e. The molecular formula is C21H31BrO3. The van der Waals surface area contributed by atoms with E-state index in [4.69, 9.17) is 9.47 Å². The lowest BCUT2D eigenvalue weighted by atomic mass is 9.44. The first kappa shape index (κ1) is 17.2. The molecular weight excluding hydrogens is 380 g/mol. The van der Waals surface area contributed by atoms with Crippen LogP contribution in [0, 0.1) is 34.5 Å². The number of ketones is 1. The van der Waals surface area contributed by atoms with Crippen molar-refractivity contribution in [1.29, 1.82) is 0 Å². The predicted molar refractivity (Wildman–Crippen MR) is 99.5 cm³/mol. The fourth-order valence-corrected chi connectivity index (χ4v) is 8.57. The first-order valence-corrected chi connectivity index (χ1v) is 11.3. The lowest BCUT2D eigenvalue weighted by Gasteiger charge is -2.61. The number of fused-ring (bicyclic) bond motifs is 5. The first-order chi connectivity index (χ1) is 11.9. The number of rotatable bonds is 0. The van der Waals surface area contributed by atoms with Gasteiger partial charge < -0.3 is 9.47 Å². The standard InChI is InChI=1S/C21H31BrO3/c1-19-8-9-21(24-10-11-25-21)12-13(19)5-6-14-15-4-3-7-20(15,2)18(22)17(23)16(14)19/h13-16,18H,3-12H2,1-2H3/t13-,14-,15+,16+,18-,19-,20-/m0/s1. The Morgan fingerprint density at radius 3 is 2.52 bits per heavy atom. The van der Waals surface area contributed by atoms with Crippen LogP contribution in [-0.4, -0.2) is 29.6 Å². The molecule has 4 saturated carbocycles. The molecule has 5 rings (SSSR count). The van der Waals surface area contributed by atoms with Gasteiger partial charge in [-0.15, -0.1) is 0 Å². The number of Topliss-reactive ketones (excluding diaryl/α,β-unsaturated/α-hetero) is 1. The first-order valence-electron chi connectivity index (χ1n) is 10.4. The topological polar surface area (TPSA) is 35.5 Å². The molecule has 1 aliphatic heterocycles. The Kier molecular flexibility index (Phi) is 3.81. The van der Waals surface area contributed by atoms with E-state index in [1.807, 2.05) is 0 Å². The van der Waals surface area contributed by atoms with Crippen LogP contribution < -0.4 is 0 Å². The van der Waals surface area contributed by atoms with E-state index in [1.165, 1.54) is 32.1 Å². The third-order valence-electron chi connectivity index (χ3n) is 9.07. The second-order valence-corrected chi connectivity index (χ2v) is 10.9. The normalized spacial score (nSPS) is 54.2. The van der Waals surface area contributed by atoms with Gasteiger partial charge in [-0.25, -0.2) is 0 Å². The van der Waals surface area contributed by atoms with Crippen molar-refractivity contribution in [3.05, 3.63) is 0 Å². The number of carbonyl (C=O) groups is 1.